The van der Waals surface area contributed by atoms with Crippen molar-refractivity contribution in [2.24, 2.45) is 0 Å². The number of hydrogen-bond donors (Lipinski definition) is 1. The lowest BCUT2D eigenvalue weighted by Gasteiger charge is -2.07. The SMILES string of the molecule is Cc1ccc(=N)n(Cc2ccccc2)c1. The molecule has 2 rings (SSSR count). The van der Waals surface area contributed by atoms with Gasteiger partial charge in [-0.15, -0.1) is 0 Å². The molecule has 0 saturated carbocycles. The lowest BCUT2D eigenvalue weighted by atomic mass is 10.2. The van der Waals surface area contributed by atoms with Gasteiger partial charge in [-0.25, -0.2) is 0 Å². The zero-order valence-electron chi connectivity index (χ0n) is 8.77. The van der Waals surface area contributed by atoms with Crippen LogP contribution in [0, 0.1) is 12.3 Å². The molecule has 1 heterocycles. The summed E-state index contributed by atoms with van der Waals surface area (Å²) in [6, 6.07) is 14.0. The molecule has 0 amide bonds. The molecule has 0 aliphatic carbocycles. The molecule has 0 radical (unpaired) electrons. The maximum atomic E-state index is 7.78. The number of nitrogens with zero attached hydrogens (tertiary/aromatic N) is 1. The van der Waals surface area contributed by atoms with Crippen molar-refractivity contribution < 1.29 is 0 Å². The summed E-state index contributed by atoms with van der Waals surface area (Å²) in [5, 5.41) is 7.78. The van der Waals surface area contributed by atoms with E-state index in [0.29, 0.717) is 5.49 Å². The van der Waals surface area contributed by atoms with Gasteiger partial charge >= 0.3 is 0 Å². The molecule has 0 spiro atoms. The van der Waals surface area contributed by atoms with Gasteiger partial charge in [0.25, 0.3) is 0 Å². The van der Waals surface area contributed by atoms with E-state index in [0.717, 1.165) is 6.54 Å². The first-order valence-electron chi connectivity index (χ1n) is 5.01. The van der Waals surface area contributed by atoms with Crippen molar-refractivity contribution >= 4 is 0 Å². The van der Waals surface area contributed by atoms with Crippen molar-refractivity contribution in [2.75, 3.05) is 0 Å². The molecule has 0 unspecified atom stereocenters. The summed E-state index contributed by atoms with van der Waals surface area (Å²) in [6.45, 7) is 2.81. The normalized spacial score (nSPS) is 10.2. The first-order valence-corrected chi connectivity index (χ1v) is 5.01. The summed E-state index contributed by atoms with van der Waals surface area (Å²) in [4.78, 5) is 0. The van der Waals surface area contributed by atoms with E-state index in [-0.39, 0.29) is 0 Å². The summed E-state index contributed by atoms with van der Waals surface area (Å²) in [5.41, 5.74) is 2.95. The van der Waals surface area contributed by atoms with Crippen LogP contribution < -0.4 is 5.49 Å². The topological polar surface area (TPSA) is 28.8 Å². The predicted molar refractivity (Wildman–Crippen MR) is 60.6 cm³/mol. The van der Waals surface area contributed by atoms with Crippen LogP contribution in [0.15, 0.2) is 48.7 Å². The quantitative estimate of drug-likeness (QED) is 0.767. The van der Waals surface area contributed by atoms with Gasteiger partial charge in [0.1, 0.15) is 5.49 Å². The van der Waals surface area contributed by atoms with Gasteiger partial charge in [-0.2, -0.15) is 0 Å². The lowest BCUT2D eigenvalue weighted by Crippen LogP contribution is -2.19. The Bertz CT molecular complexity index is 497. The molecular formula is C13H14N2. The number of rotatable bonds is 2. The number of pyridine rings is 1. The maximum Gasteiger partial charge on any atom is 0.124 e. The van der Waals surface area contributed by atoms with Crippen LogP contribution in [0.3, 0.4) is 0 Å². The molecule has 0 aliphatic rings. The van der Waals surface area contributed by atoms with Gasteiger partial charge in [0.15, 0.2) is 0 Å². The summed E-state index contributed by atoms with van der Waals surface area (Å²) >= 11 is 0. The van der Waals surface area contributed by atoms with Crippen LogP contribution in [0.2, 0.25) is 0 Å². The highest BCUT2D eigenvalue weighted by molar-refractivity contribution is 5.16. The number of hydrogen-bond acceptors (Lipinski definition) is 1. The number of aryl methyl sites for hydroxylation is 1. The molecule has 76 valence electrons. The van der Waals surface area contributed by atoms with E-state index < -0.39 is 0 Å². The Kier molecular flexibility index (Phi) is 2.68. The van der Waals surface area contributed by atoms with E-state index in [4.69, 9.17) is 5.41 Å². The van der Waals surface area contributed by atoms with E-state index in [1.54, 1.807) is 0 Å². The Morgan fingerprint density at radius 2 is 1.80 bits per heavy atom. The summed E-state index contributed by atoms with van der Waals surface area (Å²) < 4.78 is 1.95. The molecule has 0 saturated heterocycles. The lowest BCUT2D eigenvalue weighted by molar-refractivity contribution is 0.727. The molecule has 0 bridgehead atoms. The molecule has 15 heavy (non-hydrogen) atoms. The fraction of sp³-hybridized carbons (Fsp3) is 0.154. The van der Waals surface area contributed by atoms with Crippen LogP contribution in [0.4, 0.5) is 0 Å². The highest BCUT2D eigenvalue weighted by atomic mass is 15.0. The van der Waals surface area contributed by atoms with Gasteiger partial charge in [0.05, 0.1) is 0 Å². The molecule has 0 aliphatic heterocycles. The zero-order chi connectivity index (χ0) is 10.7. The molecule has 0 fully saturated rings. The number of aromatic nitrogens is 1. The molecular weight excluding hydrogens is 184 g/mol. The van der Waals surface area contributed by atoms with Gasteiger partial charge in [-0.05, 0) is 24.1 Å². The van der Waals surface area contributed by atoms with Crippen molar-refractivity contribution in [3.05, 3.63) is 65.3 Å². The maximum absolute atomic E-state index is 7.78. The highest BCUT2D eigenvalue weighted by Gasteiger charge is 1.95. The molecule has 2 heteroatoms. The summed E-state index contributed by atoms with van der Waals surface area (Å²) in [6.07, 6.45) is 2.01. The molecule has 1 aromatic carbocycles. The van der Waals surface area contributed by atoms with Crippen molar-refractivity contribution in [2.45, 2.75) is 13.5 Å². The van der Waals surface area contributed by atoms with Crippen LogP contribution in [0.1, 0.15) is 11.1 Å². The van der Waals surface area contributed by atoms with Crippen molar-refractivity contribution in [3.8, 4) is 0 Å². The van der Waals surface area contributed by atoms with E-state index >= 15 is 0 Å². The van der Waals surface area contributed by atoms with Crippen LogP contribution >= 0.6 is 0 Å². The second-order valence-corrected chi connectivity index (χ2v) is 3.71. The van der Waals surface area contributed by atoms with Gasteiger partial charge in [0.2, 0.25) is 0 Å². The fourth-order valence-corrected chi connectivity index (χ4v) is 1.58. The first-order chi connectivity index (χ1) is 7.25. The third kappa shape index (κ3) is 2.34. The highest BCUT2D eigenvalue weighted by Crippen LogP contribution is 2.01. The van der Waals surface area contributed by atoms with Gasteiger partial charge < -0.3 is 4.57 Å². The molecule has 2 nitrogen and oxygen atoms in total. The second-order valence-electron chi connectivity index (χ2n) is 3.71. The minimum Gasteiger partial charge on any atom is -0.329 e. The molecule has 2 aromatic rings. The smallest absolute Gasteiger partial charge is 0.124 e. The predicted octanol–water partition coefficient (Wildman–Crippen LogP) is 2.32. The van der Waals surface area contributed by atoms with Crippen molar-refractivity contribution in [3.63, 3.8) is 0 Å². The Balaban J connectivity index is 2.32. The Hall–Kier alpha value is -1.83. The monoisotopic (exact) mass is 198 g/mol. The minimum atomic E-state index is 0.546. The van der Waals surface area contributed by atoms with Crippen molar-refractivity contribution in [1.29, 1.82) is 5.41 Å². The zero-order valence-corrected chi connectivity index (χ0v) is 8.77. The van der Waals surface area contributed by atoms with Gasteiger partial charge in [0, 0.05) is 12.7 Å². The van der Waals surface area contributed by atoms with E-state index in [1.807, 2.05) is 48.0 Å². The van der Waals surface area contributed by atoms with E-state index in [2.05, 4.69) is 12.1 Å². The van der Waals surface area contributed by atoms with Gasteiger partial charge in [-0.1, -0.05) is 36.4 Å². The summed E-state index contributed by atoms with van der Waals surface area (Å²) in [7, 11) is 0. The fourth-order valence-electron chi connectivity index (χ4n) is 1.58. The van der Waals surface area contributed by atoms with Crippen LogP contribution in [0.5, 0.6) is 0 Å². The third-order valence-electron chi connectivity index (χ3n) is 2.37. The average Bonchev–Trinajstić information content (AvgIpc) is 2.25. The molecule has 1 N–H and O–H groups in total. The second kappa shape index (κ2) is 4.13. The Labute approximate surface area is 89.3 Å². The summed E-state index contributed by atoms with van der Waals surface area (Å²) in [5.74, 6) is 0. The van der Waals surface area contributed by atoms with E-state index in [1.165, 1.54) is 11.1 Å². The minimum absolute atomic E-state index is 0.546. The van der Waals surface area contributed by atoms with Crippen LogP contribution in [0.25, 0.3) is 0 Å². The van der Waals surface area contributed by atoms with E-state index in [9.17, 15) is 0 Å². The first kappa shape index (κ1) is 9.71. The standard InChI is InChI=1S/C13H14N2/c1-11-7-8-13(14)15(9-11)10-12-5-3-2-4-6-12/h2-9,14H,10H2,1H3. The van der Waals surface area contributed by atoms with Crippen LogP contribution in [-0.4, -0.2) is 4.57 Å². The molecule has 0 atom stereocenters. The number of nitrogens with one attached hydrogen (secondary N) is 1. The van der Waals surface area contributed by atoms with Crippen molar-refractivity contribution in [1.82, 2.24) is 4.57 Å². The third-order valence-corrected chi connectivity index (χ3v) is 2.37. The average molecular weight is 198 g/mol. The Morgan fingerprint density at radius 1 is 1.07 bits per heavy atom. The van der Waals surface area contributed by atoms with Gasteiger partial charge in [-0.3, -0.25) is 5.41 Å². The largest absolute Gasteiger partial charge is 0.329 e. The number of benzene rings is 1. The Morgan fingerprint density at radius 3 is 2.53 bits per heavy atom. The van der Waals surface area contributed by atoms with Crippen LogP contribution in [-0.2, 0) is 6.54 Å². The molecule has 1 aromatic heterocycles.